The van der Waals surface area contributed by atoms with Crippen molar-refractivity contribution in [2.45, 2.75) is 11.7 Å². The summed E-state index contributed by atoms with van der Waals surface area (Å²) in [5.74, 6) is -4.48. The molecule has 6 nitrogen and oxygen atoms in total. The van der Waals surface area contributed by atoms with E-state index < -0.39 is 46.9 Å². The molecule has 1 aliphatic carbocycles. The SMILES string of the molecule is O=C1[C@@H]2[C@@H](c3ccccc3)OC3(C(=O)c4ccccc4C3=O)[C@H]2C(=O)N1c1ccccc1Br. The normalized spacial score (nSPS) is 25.1. The molecule has 2 aliphatic heterocycles. The van der Waals surface area contributed by atoms with Gasteiger partial charge in [-0.3, -0.25) is 19.2 Å². The van der Waals surface area contributed by atoms with E-state index in [1.54, 1.807) is 72.8 Å². The zero-order valence-electron chi connectivity index (χ0n) is 17.1. The number of para-hydroxylation sites is 1. The number of hydrogen-bond acceptors (Lipinski definition) is 5. The van der Waals surface area contributed by atoms with Crippen molar-refractivity contribution in [2.24, 2.45) is 11.8 Å². The predicted octanol–water partition coefficient (Wildman–Crippen LogP) is 4.14. The van der Waals surface area contributed by atoms with E-state index in [-0.39, 0.29) is 11.1 Å². The Kier molecular flexibility index (Phi) is 4.31. The first-order valence-electron chi connectivity index (χ1n) is 10.5. The van der Waals surface area contributed by atoms with Crippen molar-refractivity contribution >= 4 is 45.0 Å². The van der Waals surface area contributed by atoms with Gasteiger partial charge in [0.05, 0.1) is 23.6 Å². The summed E-state index contributed by atoms with van der Waals surface area (Å²) < 4.78 is 6.81. The number of imide groups is 1. The monoisotopic (exact) mass is 501 g/mol. The van der Waals surface area contributed by atoms with Crippen molar-refractivity contribution in [3.05, 3.63) is 100 Å². The van der Waals surface area contributed by atoms with Gasteiger partial charge < -0.3 is 4.74 Å². The molecule has 0 saturated carbocycles. The third-order valence-electron chi connectivity index (χ3n) is 6.74. The number of carbonyl (C=O) groups excluding carboxylic acids is 4. The van der Waals surface area contributed by atoms with Crippen LogP contribution in [0.1, 0.15) is 32.4 Å². The minimum absolute atomic E-state index is 0.217. The van der Waals surface area contributed by atoms with Gasteiger partial charge in [0.15, 0.2) is 0 Å². The van der Waals surface area contributed by atoms with Gasteiger partial charge in [0, 0.05) is 15.6 Å². The molecular formula is C26H16BrNO5. The second-order valence-electron chi connectivity index (χ2n) is 8.36. The number of ketones is 2. The lowest BCUT2D eigenvalue weighted by Crippen LogP contribution is -2.51. The molecule has 0 bridgehead atoms. The fourth-order valence-electron chi connectivity index (χ4n) is 5.33. The summed E-state index contributed by atoms with van der Waals surface area (Å²) in [5.41, 5.74) is -0.614. The Bertz CT molecular complexity index is 1330. The zero-order valence-corrected chi connectivity index (χ0v) is 18.7. The summed E-state index contributed by atoms with van der Waals surface area (Å²) in [6, 6.07) is 22.3. The van der Waals surface area contributed by atoms with E-state index in [0.29, 0.717) is 15.7 Å². The summed E-state index contributed by atoms with van der Waals surface area (Å²) in [4.78, 5) is 56.0. The largest absolute Gasteiger partial charge is 0.349 e. The molecule has 2 fully saturated rings. The summed E-state index contributed by atoms with van der Waals surface area (Å²) in [5, 5.41) is 0. The molecule has 3 aromatic carbocycles. The molecule has 3 atom stereocenters. The molecule has 0 N–H and O–H groups in total. The van der Waals surface area contributed by atoms with E-state index in [4.69, 9.17) is 4.74 Å². The lowest BCUT2D eigenvalue weighted by atomic mass is 9.77. The highest BCUT2D eigenvalue weighted by atomic mass is 79.9. The van der Waals surface area contributed by atoms with E-state index in [2.05, 4.69) is 15.9 Å². The number of anilines is 1. The molecule has 0 radical (unpaired) electrons. The number of carbonyl (C=O) groups is 4. The minimum atomic E-state index is -2.06. The molecule has 3 aromatic rings. The average Bonchev–Trinajstić information content (AvgIpc) is 3.40. The molecule has 0 unspecified atom stereocenters. The van der Waals surface area contributed by atoms with Crippen LogP contribution in [-0.4, -0.2) is 29.0 Å². The Hall–Kier alpha value is -3.42. The highest BCUT2D eigenvalue weighted by Crippen LogP contribution is 2.58. The second kappa shape index (κ2) is 7.04. The van der Waals surface area contributed by atoms with Gasteiger partial charge in [-0.1, -0.05) is 66.7 Å². The van der Waals surface area contributed by atoms with Crippen LogP contribution in [0.25, 0.3) is 0 Å². The van der Waals surface area contributed by atoms with Crippen molar-refractivity contribution in [3.8, 4) is 0 Å². The highest BCUT2D eigenvalue weighted by molar-refractivity contribution is 9.10. The van der Waals surface area contributed by atoms with Crippen LogP contribution in [0.2, 0.25) is 0 Å². The molecule has 2 saturated heterocycles. The van der Waals surface area contributed by atoms with Crippen LogP contribution in [0, 0.1) is 11.8 Å². The van der Waals surface area contributed by atoms with E-state index in [9.17, 15) is 19.2 Å². The first kappa shape index (κ1) is 20.2. The van der Waals surface area contributed by atoms with Crippen LogP contribution in [0.3, 0.4) is 0 Å². The number of ether oxygens (including phenoxy) is 1. The second-order valence-corrected chi connectivity index (χ2v) is 9.21. The standard InChI is InChI=1S/C26H16BrNO5/c27-17-12-6-7-13-18(17)28-24(31)19-20(25(28)32)26(33-21(19)14-8-2-1-3-9-14)22(29)15-10-4-5-11-16(15)23(26)30/h1-13,19-21H/t19-,20+,21+/m0/s1. The van der Waals surface area contributed by atoms with Gasteiger partial charge in [0.1, 0.15) is 0 Å². The maximum Gasteiger partial charge on any atom is 0.241 e. The molecule has 0 aromatic heterocycles. The Balaban J connectivity index is 1.57. The summed E-state index contributed by atoms with van der Waals surface area (Å²) in [7, 11) is 0. The van der Waals surface area contributed by atoms with Crippen molar-refractivity contribution in [3.63, 3.8) is 0 Å². The van der Waals surface area contributed by atoms with Crippen LogP contribution in [0.5, 0.6) is 0 Å². The van der Waals surface area contributed by atoms with Gasteiger partial charge in [-0.15, -0.1) is 0 Å². The number of fused-ring (bicyclic) bond motifs is 3. The average molecular weight is 502 g/mol. The minimum Gasteiger partial charge on any atom is -0.349 e. The zero-order chi connectivity index (χ0) is 22.9. The number of rotatable bonds is 2. The summed E-state index contributed by atoms with van der Waals surface area (Å²) >= 11 is 3.41. The molecule has 7 heteroatoms. The number of amides is 2. The quantitative estimate of drug-likeness (QED) is 0.389. The summed E-state index contributed by atoms with van der Waals surface area (Å²) in [6.07, 6.45) is -0.914. The van der Waals surface area contributed by atoms with Crippen LogP contribution in [0.15, 0.2) is 83.3 Å². The lowest BCUT2D eigenvalue weighted by molar-refractivity contribution is -0.127. The Labute approximate surface area is 197 Å². The first-order chi connectivity index (χ1) is 16.0. The van der Waals surface area contributed by atoms with Crippen LogP contribution < -0.4 is 4.90 Å². The fraction of sp³-hybridized carbons (Fsp3) is 0.154. The molecule has 6 rings (SSSR count). The van der Waals surface area contributed by atoms with Gasteiger partial charge in [0.2, 0.25) is 29.0 Å². The number of hydrogen-bond donors (Lipinski definition) is 0. The molecule has 2 heterocycles. The van der Waals surface area contributed by atoms with Crippen LogP contribution >= 0.6 is 15.9 Å². The van der Waals surface area contributed by atoms with Crippen molar-refractivity contribution < 1.29 is 23.9 Å². The number of nitrogens with zero attached hydrogens (tertiary/aromatic N) is 1. The van der Waals surface area contributed by atoms with Crippen LogP contribution in [-0.2, 0) is 14.3 Å². The molecular weight excluding hydrogens is 486 g/mol. The number of benzene rings is 3. The molecule has 1 spiro atoms. The Morgan fingerprint density at radius 1 is 0.727 bits per heavy atom. The number of halogens is 1. The third-order valence-corrected chi connectivity index (χ3v) is 7.41. The maximum absolute atomic E-state index is 13.8. The first-order valence-corrected chi connectivity index (χ1v) is 11.3. The van der Waals surface area contributed by atoms with Gasteiger partial charge in [0.25, 0.3) is 0 Å². The third kappa shape index (κ3) is 2.52. The highest BCUT2D eigenvalue weighted by Gasteiger charge is 2.74. The van der Waals surface area contributed by atoms with E-state index in [0.717, 1.165) is 4.90 Å². The topological polar surface area (TPSA) is 80.8 Å². The lowest BCUT2D eigenvalue weighted by Gasteiger charge is -2.27. The maximum atomic E-state index is 13.8. The van der Waals surface area contributed by atoms with Crippen molar-refractivity contribution in [1.29, 1.82) is 0 Å². The Morgan fingerprint density at radius 2 is 1.30 bits per heavy atom. The smallest absolute Gasteiger partial charge is 0.241 e. The van der Waals surface area contributed by atoms with E-state index in [1.165, 1.54) is 0 Å². The summed E-state index contributed by atoms with van der Waals surface area (Å²) in [6.45, 7) is 0. The molecule has 3 aliphatic rings. The van der Waals surface area contributed by atoms with Gasteiger partial charge in [-0.2, -0.15) is 0 Å². The van der Waals surface area contributed by atoms with Crippen LogP contribution in [0.4, 0.5) is 5.69 Å². The van der Waals surface area contributed by atoms with E-state index in [1.807, 2.05) is 6.07 Å². The number of Topliss-reactive ketones (excluding diaryl/α,β-unsaturated/α-hetero) is 2. The van der Waals surface area contributed by atoms with Gasteiger partial charge >= 0.3 is 0 Å². The Morgan fingerprint density at radius 3 is 1.94 bits per heavy atom. The van der Waals surface area contributed by atoms with E-state index >= 15 is 0 Å². The predicted molar refractivity (Wildman–Crippen MR) is 122 cm³/mol. The molecule has 2 amide bonds. The van der Waals surface area contributed by atoms with Gasteiger partial charge in [-0.25, -0.2) is 4.90 Å². The molecule has 162 valence electrons. The van der Waals surface area contributed by atoms with Crippen molar-refractivity contribution in [2.75, 3.05) is 4.90 Å². The molecule has 33 heavy (non-hydrogen) atoms. The van der Waals surface area contributed by atoms with Crippen molar-refractivity contribution in [1.82, 2.24) is 0 Å². The van der Waals surface area contributed by atoms with Gasteiger partial charge in [-0.05, 0) is 33.6 Å². The fourth-order valence-corrected chi connectivity index (χ4v) is 5.79.